The number of nitrogens with one attached hydrogen (secondary N) is 1. The molecule has 0 bridgehead atoms. The predicted molar refractivity (Wildman–Crippen MR) is 107 cm³/mol. The summed E-state index contributed by atoms with van der Waals surface area (Å²) < 4.78 is 27.2. The van der Waals surface area contributed by atoms with Gasteiger partial charge in [-0.1, -0.05) is 24.3 Å². The molecule has 1 N–H and O–H groups in total. The third-order valence-electron chi connectivity index (χ3n) is 4.49. The molecular weight excluding hydrogens is 388 g/mol. The van der Waals surface area contributed by atoms with E-state index in [0.717, 1.165) is 11.1 Å². The van der Waals surface area contributed by atoms with Crippen LogP contribution in [0.4, 0.5) is 0 Å². The van der Waals surface area contributed by atoms with Gasteiger partial charge in [-0.2, -0.15) is 0 Å². The van der Waals surface area contributed by atoms with Crippen molar-refractivity contribution in [2.75, 3.05) is 0 Å². The molecule has 0 saturated carbocycles. The standard InChI is InChI=1S/C21H18N4O3S/c1-15-3-2-4-19(11-15)29(27,28)18-7-5-16(6-8-18)12-23-20(26)17-13-24-21-22-9-10-25(21)14-17/h2-11,13-14H,12H2,1H3,(H,23,26). The minimum atomic E-state index is -3.57. The monoisotopic (exact) mass is 406 g/mol. The van der Waals surface area contributed by atoms with Crippen LogP contribution in [0.3, 0.4) is 0 Å². The van der Waals surface area contributed by atoms with Crippen molar-refractivity contribution in [2.24, 2.45) is 0 Å². The van der Waals surface area contributed by atoms with E-state index in [1.54, 1.807) is 65.5 Å². The second-order valence-corrected chi connectivity index (χ2v) is 8.57. The van der Waals surface area contributed by atoms with Crippen LogP contribution in [-0.2, 0) is 16.4 Å². The van der Waals surface area contributed by atoms with Crippen molar-refractivity contribution in [1.82, 2.24) is 19.7 Å². The van der Waals surface area contributed by atoms with E-state index in [1.807, 2.05) is 13.0 Å². The lowest BCUT2D eigenvalue weighted by Crippen LogP contribution is -2.23. The Morgan fingerprint density at radius 3 is 2.62 bits per heavy atom. The van der Waals surface area contributed by atoms with Crippen molar-refractivity contribution in [3.05, 3.63) is 90.0 Å². The Bertz CT molecular complexity index is 1300. The fourth-order valence-electron chi connectivity index (χ4n) is 2.92. The Balaban J connectivity index is 1.46. The molecule has 2 aromatic carbocycles. The molecule has 0 aliphatic rings. The predicted octanol–water partition coefficient (Wildman–Crippen LogP) is 2.80. The van der Waals surface area contributed by atoms with E-state index in [1.165, 1.54) is 6.20 Å². The van der Waals surface area contributed by atoms with Gasteiger partial charge in [0.25, 0.3) is 5.91 Å². The number of aromatic nitrogens is 3. The summed E-state index contributed by atoms with van der Waals surface area (Å²) in [6.45, 7) is 2.12. The molecule has 0 saturated heterocycles. The van der Waals surface area contributed by atoms with E-state index >= 15 is 0 Å². The number of benzene rings is 2. The molecular formula is C21H18N4O3S. The zero-order valence-corrected chi connectivity index (χ0v) is 16.4. The van der Waals surface area contributed by atoms with Crippen LogP contribution in [0.2, 0.25) is 0 Å². The molecule has 7 nitrogen and oxygen atoms in total. The molecule has 1 amide bonds. The van der Waals surface area contributed by atoms with Crippen LogP contribution in [0.25, 0.3) is 5.78 Å². The number of imidazole rings is 1. The molecule has 4 aromatic rings. The summed E-state index contributed by atoms with van der Waals surface area (Å²) in [5.74, 6) is 0.247. The number of hydrogen-bond acceptors (Lipinski definition) is 5. The summed E-state index contributed by atoms with van der Waals surface area (Å²) in [7, 11) is -3.57. The van der Waals surface area contributed by atoms with Crippen LogP contribution in [0.15, 0.2) is 83.1 Å². The first-order valence-electron chi connectivity index (χ1n) is 8.91. The largest absolute Gasteiger partial charge is 0.348 e. The van der Waals surface area contributed by atoms with Crippen LogP contribution < -0.4 is 5.32 Å². The fourth-order valence-corrected chi connectivity index (χ4v) is 4.29. The Labute approximate surface area is 168 Å². The van der Waals surface area contributed by atoms with Crippen LogP contribution in [-0.4, -0.2) is 28.7 Å². The van der Waals surface area contributed by atoms with Gasteiger partial charge in [-0.3, -0.25) is 9.20 Å². The molecule has 29 heavy (non-hydrogen) atoms. The van der Waals surface area contributed by atoms with Crippen molar-refractivity contribution >= 4 is 21.5 Å². The summed E-state index contributed by atoms with van der Waals surface area (Å²) in [6, 6.07) is 13.3. The summed E-state index contributed by atoms with van der Waals surface area (Å²) in [5.41, 5.74) is 2.08. The highest BCUT2D eigenvalue weighted by Crippen LogP contribution is 2.22. The minimum Gasteiger partial charge on any atom is -0.348 e. The molecule has 0 unspecified atom stereocenters. The highest BCUT2D eigenvalue weighted by Gasteiger charge is 2.17. The van der Waals surface area contributed by atoms with Crippen molar-refractivity contribution < 1.29 is 13.2 Å². The van der Waals surface area contributed by atoms with Gasteiger partial charge in [0, 0.05) is 31.3 Å². The molecule has 0 atom stereocenters. The molecule has 0 spiro atoms. The van der Waals surface area contributed by atoms with Gasteiger partial charge >= 0.3 is 0 Å². The van der Waals surface area contributed by atoms with E-state index < -0.39 is 9.84 Å². The molecule has 146 valence electrons. The lowest BCUT2D eigenvalue weighted by Gasteiger charge is -2.08. The first kappa shape index (κ1) is 18.8. The number of nitrogens with zero attached hydrogens (tertiary/aromatic N) is 3. The number of carbonyl (C=O) groups excluding carboxylic acids is 1. The number of carbonyl (C=O) groups is 1. The highest BCUT2D eigenvalue weighted by molar-refractivity contribution is 7.91. The van der Waals surface area contributed by atoms with Gasteiger partial charge in [0.15, 0.2) is 0 Å². The molecule has 4 rings (SSSR count). The topological polar surface area (TPSA) is 93.4 Å². The minimum absolute atomic E-state index is 0.216. The lowest BCUT2D eigenvalue weighted by atomic mass is 10.2. The van der Waals surface area contributed by atoms with E-state index in [0.29, 0.717) is 11.3 Å². The lowest BCUT2D eigenvalue weighted by molar-refractivity contribution is 0.0950. The van der Waals surface area contributed by atoms with Crippen LogP contribution >= 0.6 is 0 Å². The number of sulfone groups is 1. The quantitative estimate of drug-likeness (QED) is 0.550. The van der Waals surface area contributed by atoms with Gasteiger partial charge in [-0.05, 0) is 42.3 Å². The van der Waals surface area contributed by atoms with E-state index in [-0.39, 0.29) is 22.2 Å². The van der Waals surface area contributed by atoms with Gasteiger partial charge in [0.05, 0.1) is 15.4 Å². The van der Waals surface area contributed by atoms with Gasteiger partial charge in [-0.15, -0.1) is 0 Å². The van der Waals surface area contributed by atoms with Crippen molar-refractivity contribution in [2.45, 2.75) is 23.3 Å². The van der Waals surface area contributed by atoms with Crippen molar-refractivity contribution in [3.63, 3.8) is 0 Å². The van der Waals surface area contributed by atoms with E-state index in [4.69, 9.17) is 0 Å². The Morgan fingerprint density at radius 2 is 1.86 bits per heavy atom. The maximum absolute atomic E-state index is 12.7. The Kier molecular flexibility index (Phi) is 4.85. The first-order chi connectivity index (χ1) is 13.9. The maximum Gasteiger partial charge on any atom is 0.254 e. The molecule has 0 radical (unpaired) electrons. The van der Waals surface area contributed by atoms with Gasteiger partial charge in [0.1, 0.15) is 0 Å². The summed E-state index contributed by atoms with van der Waals surface area (Å²) >= 11 is 0. The SMILES string of the molecule is Cc1cccc(S(=O)(=O)c2ccc(CNC(=O)c3cnc4nccn4c3)cc2)c1. The summed E-state index contributed by atoms with van der Waals surface area (Å²) in [6.07, 6.45) is 6.44. The summed E-state index contributed by atoms with van der Waals surface area (Å²) in [4.78, 5) is 21.0. The zero-order valence-electron chi connectivity index (χ0n) is 15.6. The van der Waals surface area contributed by atoms with Crippen LogP contribution in [0.5, 0.6) is 0 Å². The number of aryl methyl sites for hydroxylation is 1. The van der Waals surface area contributed by atoms with Crippen molar-refractivity contribution in [3.8, 4) is 0 Å². The Morgan fingerprint density at radius 1 is 1.07 bits per heavy atom. The average molecular weight is 406 g/mol. The number of rotatable bonds is 5. The van der Waals surface area contributed by atoms with Crippen molar-refractivity contribution in [1.29, 1.82) is 0 Å². The number of hydrogen-bond donors (Lipinski definition) is 1. The van der Waals surface area contributed by atoms with Gasteiger partial charge < -0.3 is 5.32 Å². The van der Waals surface area contributed by atoms with Crippen LogP contribution in [0.1, 0.15) is 21.5 Å². The summed E-state index contributed by atoms with van der Waals surface area (Å²) in [5, 5.41) is 2.81. The normalized spacial score (nSPS) is 11.5. The molecule has 0 aliphatic carbocycles. The molecule has 0 aliphatic heterocycles. The molecule has 2 heterocycles. The average Bonchev–Trinajstić information content (AvgIpc) is 3.20. The van der Waals surface area contributed by atoms with Crippen LogP contribution in [0, 0.1) is 6.92 Å². The maximum atomic E-state index is 12.7. The number of amides is 1. The smallest absolute Gasteiger partial charge is 0.254 e. The second kappa shape index (κ2) is 7.48. The molecule has 0 fully saturated rings. The first-order valence-corrected chi connectivity index (χ1v) is 10.4. The van der Waals surface area contributed by atoms with E-state index in [9.17, 15) is 13.2 Å². The zero-order chi connectivity index (χ0) is 20.4. The fraction of sp³-hybridized carbons (Fsp3) is 0.0952. The molecule has 8 heteroatoms. The second-order valence-electron chi connectivity index (χ2n) is 6.62. The van der Waals surface area contributed by atoms with Gasteiger partial charge in [-0.25, -0.2) is 18.4 Å². The highest BCUT2D eigenvalue weighted by atomic mass is 32.2. The number of fused-ring (bicyclic) bond motifs is 1. The molecule has 2 aromatic heterocycles. The third kappa shape index (κ3) is 3.88. The third-order valence-corrected chi connectivity index (χ3v) is 6.26. The van der Waals surface area contributed by atoms with Gasteiger partial charge in [0.2, 0.25) is 15.6 Å². The Hall–Kier alpha value is -3.52. The van der Waals surface area contributed by atoms with E-state index in [2.05, 4.69) is 15.3 Å².